The normalized spacial score (nSPS) is 21.8. The quantitative estimate of drug-likeness (QED) is 0.814. The molecule has 21 heavy (non-hydrogen) atoms. The summed E-state index contributed by atoms with van der Waals surface area (Å²) in [5.74, 6) is -0.770. The Balaban J connectivity index is 2.35. The predicted octanol–water partition coefficient (Wildman–Crippen LogP) is -0.0378. The number of hydrogen-bond donors (Lipinski definition) is 1. The van der Waals surface area contributed by atoms with Crippen LogP contribution in [0.1, 0.15) is 6.42 Å². The molecule has 9 heteroatoms. The van der Waals surface area contributed by atoms with Gasteiger partial charge in [-0.25, -0.2) is 21.2 Å². The third-order valence-corrected chi connectivity index (χ3v) is 7.10. The molecule has 118 valence electrons. The lowest BCUT2D eigenvalue weighted by molar-refractivity contribution is 0.347. The summed E-state index contributed by atoms with van der Waals surface area (Å²) in [5.41, 5.74) is 5.45. The lowest BCUT2D eigenvalue weighted by Gasteiger charge is -2.26. The van der Waals surface area contributed by atoms with Crippen molar-refractivity contribution in [3.8, 4) is 0 Å². The molecule has 2 rings (SSSR count). The Labute approximate surface area is 123 Å². The first-order valence-corrected chi connectivity index (χ1v) is 9.70. The van der Waals surface area contributed by atoms with Crippen molar-refractivity contribution in [1.82, 2.24) is 4.31 Å². The van der Waals surface area contributed by atoms with E-state index in [0.717, 1.165) is 28.6 Å². The van der Waals surface area contributed by atoms with Gasteiger partial charge in [-0.3, -0.25) is 0 Å². The van der Waals surface area contributed by atoms with E-state index < -0.39 is 31.7 Å². The van der Waals surface area contributed by atoms with Crippen LogP contribution < -0.4 is 5.73 Å². The van der Waals surface area contributed by atoms with Crippen LogP contribution in [0.3, 0.4) is 0 Å². The van der Waals surface area contributed by atoms with Crippen molar-refractivity contribution < 1.29 is 21.2 Å². The fourth-order valence-electron chi connectivity index (χ4n) is 2.37. The molecule has 1 saturated heterocycles. The Morgan fingerprint density at radius 1 is 1.29 bits per heavy atom. The van der Waals surface area contributed by atoms with Gasteiger partial charge in [0.05, 0.1) is 16.4 Å². The highest BCUT2D eigenvalue weighted by atomic mass is 32.2. The molecule has 0 aliphatic carbocycles. The van der Waals surface area contributed by atoms with Crippen LogP contribution in [0.15, 0.2) is 29.2 Å². The van der Waals surface area contributed by atoms with Crippen molar-refractivity contribution in [2.24, 2.45) is 5.73 Å². The third-order valence-electron chi connectivity index (χ3n) is 3.39. The van der Waals surface area contributed by atoms with Crippen molar-refractivity contribution in [1.29, 1.82) is 0 Å². The molecule has 1 atom stereocenters. The van der Waals surface area contributed by atoms with Crippen molar-refractivity contribution in [2.45, 2.75) is 17.4 Å². The van der Waals surface area contributed by atoms with E-state index in [2.05, 4.69) is 0 Å². The fourth-order valence-corrected chi connectivity index (χ4v) is 5.86. The van der Waals surface area contributed by atoms with Crippen molar-refractivity contribution in [2.75, 3.05) is 24.6 Å². The molecule has 0 amide bonds. The fraction of sp³-hybridized carbons (Fsp3) is 0.500. The topological polar surface area (TPSA) is 97.5 Å². The highest BCUT2D eigenvalue weighted by Gasteiger charge is 2.38. The maximum absolute atomic E-state index is 12.9. The number of sulfonamides is 1. The van der Waals surface area contributed by atoms with Crippen molar-refractivity contribution in [3.63, 3.8) is 0 Å². The standard InChI is InChI=1S/C12H17FN2O4S2/c13-10-1-3-12(4-2-10)21(18,19)15(7-6-14)11-5-8-20(16,17)9-11/h1-4,11H,5-9,14H2/t11-/m0/s1. The Hall–Kier alpha value is -1.03. The SMILES string of the molecule is NCCN([C@H]1CCS(=O)(=O)C1)S(=O)(=O)c1ccc(F)cc1. The maximum atomic E-state index is 12.9. The van der Waals surface area contributed by atoms with Gasteiger partial charge in [0, 0.05) is 19.1 Å². The minimum Gasteiger partial charge on any atom is -0.329 e. The first kappa shape index (κ1) is 16.3. The molecule has 0 aromatic heterocycles. The molecular weight excluding hydrogens is 319 g/mol. The summed E-state index contributed by atoms with van der Waals surface area (Å²) >= 11 is 0. The van der Waals surface area contributed by atoms with E-state index in [9.17, 15) is 21.2 Å². The van der Waals surface area contributed by atoms with Crippen LogP contribution in [-0.4, -0.2) is 51.8 Å². The largest absolute Gasteiger partial charge is 0.329 e. The van der Waals surface area contributed by atoms with Gasteiger partial charge in [0.1, 0.15) is 5.82 Å². The second-order valence-electron chi connectivity index (χ2n) is 4.92. The second kappa shape index (κ2) is 5.99. The summed E-state index contributed by atoms with van der Waals surface area (Å²) < 4.78 is 62.3. The van der Waals surface area contributed by atoms with Crippen LogP contribution in [0.2, 0.25) is 0 Å². The first-order valence-electron chi connectivity index (χ1n) is 6.44. The van der Waals surface area contributed by atoms with Gasteiger partial charge in [0.25, 0.3) is 0 Å². The molecule has 0 unspecified atom stereocenters. The lowest BCUT2D eigenvalue weighted by atomic mass is 10.2. The highest BCUT2D eigenvalue weighted by molar-refractivity contribution is 7.92. The smallest absolute Gasteiger partial charge is 0.243 e. The van der Waals surface area contributed by atoms with Gasteiger partial charge in [-0.15, -0.1) is 0 Å². The molecule has 0 saturated carbocycles. The van der Waals surface area contributed by atoms with E-state index in [1.807, 2.05) is 0 Å². The number of sulfone groups is 1. The molecule has 1 aliphatic rings. The van der Waals surface area contributed by atoms with Crippen LogP contribution in [0.4, 0.5) is 4.39 Å². The van der Waals surface area contributed by atoms with Crippen LogP contribution in [0.5, 0.6) is 0 Å². The van der Waals surface area contributed by atoms with E-state index in [1.165, 1.54) is 0 Å². The number of halogens is 1. The van der Waals surface area contributed by atoms with Gasteiger partial charge in [-0.05, 0) is 30.7 Å². The number of rotatable bonds is 5. The summed E-state index contributed by atoms with van der Waals surface area (Å²) in [6, 6.07) is 3.82. The summed E-state index contributed by atoms with van der Waals surface area (Å²) in [5, 5.41) is 0. The highest BCUT2D eigenvalue weighted by Crippen LogP contribution is 2.24. The zero-order valence-electron chi connectivity index (χ0n) is 11.3. The van der Waals surface area contributed by atoms with Crippen LogP contribution in [0, 0.1) is 5.82 Å². The Morgan fingerprint density at radius 2 is 1.90 bits per heavy atom. The summed E-state index contributed by atoms with van der Waals surface area (Å²) in [4.78, 5) is -0.0679. The average Bonchev–Trinajstić information content (AvgIpc) is 2.76. The van der Waals surface area contributed by atoms with E-state index in [-0.39, 0.29) is 35.9 Å². The zero-order valence-corrected chi connectivity index (χ0v) is 12.9. The molecule has 2 N–H and O–H groups in total. The summed E-state index contributed by atoms with van der Waals surface area (Å²) in [7, 11) is -7.11. The lowest BCUT2D eigenvalue weighted by Crippen LogP contribution is -2.43. The van der Waals surface area contributed by atoms with E-state index in [4.69, 9.17) is 5.73 Å². The minimum atomic E-state index is -3.89. The van der Waals surface area contributed by atoms with Gasteiger partial charge in [-0.1, -0.05) is 0 Å². The molecular formula is C12H17FN2O4S2. The number of nitrogens with zero attached hydrogens (tertiary/aromatic N) is 1. The molecule has 0 bridgehead atoms. The zero-order chi connectivity index (χ0) is 15.7. The molecule has 1 aromatic rings. The van der Waals surface area contributed by atoms with Gasteiger partial charge in [0.15, 0.2) is 9.84 Å². The van der Waals surface area contributed by atoms with Gasteiger partial charge in [-0.2, -0.15) is 4.31 Å². The number of nitrogens with two attached hydrogens (primary N) is 1. The number of benzene rings is 1. The monoisotopic (exact) mass is 336 g/mol. The molecule has 1 heterocycles. The average molecular weight is 336 g/mol. The van der Waals surface area contributed by atoms with Gasteiger partial charge in [0.2, 0.25) is 10.0 Å². The number of hydrogen-bond acceptors (Lipinski definition) is 5. The summed E-state index contributed by atoms with van der Waals surface area (Å²) in [6.07, 6.45) is 0.253. The molecule has 1 aliphatic heterocycles. The second-order valence-corrected chi connectivity index (χ2v) is 9.03. The van der Waals surface area contributed by atoms with Crippen molar-refractivity contribution >= 4 is 19.9 Å². The molecule has 1 aromatic carbocycles. The van der Waals surface area contributed by atoms with Crippen LogP contribution in [0.25, 0.3) is 0 Å². The maximum Gasteiger partial charge on any atom is 0.243 e. The Bertz CT molecular complexity index is 701. The first-order chi connectivity index (χ1) is 9.76. The molecule has 1 fully saturated rings. The Kier molecular flexibility index (Phi) is 4.66. The summed E-state index contributed by atoms with van der Waals surface area (Å²) in [6.45, 7) is 0.108. The van der Waals surface area contributed by atoms with Crippen molar-refractivity contribution in [3.05, 3.63) is 30.1 Å². The van der Waals surface area contributed by atoms with Crippen LogP contribution >= 0.6 is 0 Å². The minimum absolute atomic E-state index is 0.0277. The van der Waals surface area contributed by atoms with E-state index >= 15 is 0 Å². The van der Waals surface area contributed by atoms with E-state index in [1.54, 1.807) is 0 Å². The van der Waals surface area contributed by atoms with Gasteiger partial charge >= 0.3 is 0 Å². The van der Waals surface area contributed by atoms with Gasteiger partial charge < -0.3 is 5.73 Å². The molecule has 0 radical (unpaired) electrons. The molecule has 0 spiro atoms. The third kappa shape index (κ3) is 3.60. The molecule has 6 nitrogen and oxygen atoms in total. The Morgan fingerprint density at radius 3 is 2.38 bits per heavy atom. The van der Waals surface area contributed by atoms with Crippen LogP contribution in [-0.2, 0) is 19.9 Å². The van der Waals surface area contributed by atoms with E-state index in [0.29, 0.717) is 0 Å². The predicted molar refractivity (Wildman–Crippen MR) is 76.4 cm³/mol.